The van der Waals surface area contributed by atoms with Gasteiger partial charge in [-0.3, -0.25) is 5.10 Å². The maximum atomic E-state index is 5.55. The summed E-state index contributed by atoms with van der Waals surface area (Å²) in [6.45, 7) is 4.92. The van der Waals surface area contributed by atoms with E-state index in [1.54, 1.807) is 10.9 Å². The zero-order chi connectivity index (χ0) is 15.1. The highest BCUT2D eigenvalue weighted by Crippen LogP contribution is 2.11. The Bertz CT molecular complexity index is 642. The molecule has 1 N–H and O–H groups in total. The van der Waals surface area contributed by atoms with Gasteiger partial charge in [0.15, 0.2) is 5.82 Å². The van der Waals surface area contributed by atoms with E-state index >= 15 is 0 Å². The molecule has 0 saturated heterocycles. The largest absolute Gasteiger partial charge is 0.494 e. The van der Waals surface area contributed by atoms with E-state index in [-0.39, 0.29) is 0 Å². The first-order valence-corrected chi connectivity index (χ1v) is 7.59. The molecule has 2 rings (SSSR count). The third kappa shape index (κ3) is 4.26. The number of ether oxygens (including phenoxy) is 1. The second-order valence-electron chi connectivity index (χ2n) is 4.67. The van der Waals surface area contributed by atoms with Crippen LogP contribution in [0.1, 0.15) is 38.1 Å². The summed E-state index contributed by atoms with van der Waals surface area (Å²) in [4.78, 5) is 0. The summed E-state index contributed by atoms with van der Waals surface area (Å²) < 4.78 is 7.73. The van der Waals surface area contributed by atoms with Crippen LogP contribution in [0, 0.1) is 4.77 Å². The Morgan fingerprint density at radius 3 is 2.71 bits per heavy atom. The van der Waals surface area contributed by atoms with Crippen molar-refractivity contribution in [1.29, 1.82) is 0 Å². The van der Waals surface area contributed by atoms with Crippen molar-refractivity contribution in [1.82, 2.24) is 14.9 Å². The third-order valence-corrected chi connectivity index (χ3v) is 3.13. The van der Waals surface area contributed by atoms with E-state index in [1.165, 1.54) is 0 Å². The van der Waals surface area contributed by atoms with E-state index in [9.17, 15) is 0 Å². The van der Waals surface area contributed by atoms with Gasteiger partial charge in [-0.05, 0) is 54.9 Å². The van der Waals surface area contributed by atoms with Gasteiger partial charge in [-0.15, -0.1) is 0 Å². The summed E-state index contributed by atoms with van der Waals surface area (Å²) in [7, 11) is 0. The fraction of sp³-hybridized carbons (Fsp3) is 0.400. The first kappa shape index (κ1) is 15.4. The van der Waals surface area contributed by atoms with Crippen LogP contribution in [0.15, 0.2) is 29.4 Å². The van der Waals surface area contributed by atoms with Crippen LogP contribution in [0.4, 0.5) is 0 Å². The van der Waals surface area contributed by atoms with Gasteiger partial charge in [0.25, 0.3) is 0 Å². The summed E-state index contributed by atoms with van der Waals surface area (Å²) >= 11 is 5.18. The number of aryl methyl sites for hydroxylation is 1. The highest BCUT2D eigenvalue weighted by Gasteiger charge is 2.02. The third-order valence-electron chi connectivity index (χ3n) is 2.87. The first-order valence-electron chi connectivity index (χ1n) is 7.18. The molecule has 0 radical (unpaired) electrons. The lowest BCUT2D eigenvalue weighted by molar-refractivity contribution is 0.317. The lowest BCUT2D eigenvalue weighted by Crippen LogP contribution is -1.99. The maximum Gasteiger partial charge on any atom is 0.216 e. The highest BCUT2D eigenvalue weighted by molar-refractivity contribution is 7.71. The minimum atomic E-state index is 0.512. The molecule has 2 aromatic rings. The van der Waals surface area contributed by atoms with E-state index in [0.29, 0.717) is 4.77 Å². The quantitative estimate of drug-likeness (QED) is 0.628. The number of hydrogen-bond donors (Lipinski definition) is 1. The average molecular weight is 304 g/mol. The number of benzene rings is 1. The van der Waals surface area contributed by atoms with Gasteiger partial charge >= 0.3 is 0 Å². The van der Waals surface area contributed by atoms with E-state index in [1.807, 2.05) is 24.3 Å². The minimum absolute atomic E-state index is 0.512. The normalized spacial score (nSPS) is 11.1. The molecular weight excluding hydrogens is 284 g/mol. The van der Waals surface area contributed by atoms with Gasteiger partial charge in [0, 0.05) is 6.42 Å². The molecular formula is C15H20N4OS. The molecule has 1 heterocycles. The fourth-order valence-electron chi connectivity index (χ4n) is 1.82. The van der Waals surface area contributed by atoms with Crippen molar-refractivity contribution in [2.24, 2.45) is 5.10 Å². The predicted octanol–water partition coefficient (Wildman–Crippen LogP) is 3.56. The molecule has 0 aliphatic rings. The van der Waals surface area contributed by atoms with Crippen LogP contribution in [0.5, 0.6) is 5.75 Å². The summed E-state index contributed by atoms with van der Waals surface area (Å²) in [6, 6.07) is 7.83. The molecule has 5 nitrogen and oxygen atoms in total. The number of hydrogen-bond acceptors (Lipinski definition) is 4. The van der Waals surface area contributed by atoms with Gasteiger partial charge in [-0.1, -0.05) is 13.8 Å². The van der Waals surface area contributed by atoms with Crippen LogP contribution in [0.25, 0.3) is 0 Å². The monoisotopic (exact) mass is 304 g/mol. The summed E-state index contributed by atoms with van der Waals surface area (Å²) in [6.07, 6.45) is 4.61. The summed E-state index contributed by atoms with van der Waals surface area (Å²) in [5.74, 6) is 1.72. The minimum Gasteiger partial charge on any atom is -0.494 e. The molecule has 1 aromatic heterocycles. The molecule has 1 aromatic carbocycles. The number of aromatic nitrogens is 3. The molecule has 0 amide bonds. The van der Waals surface area contributed by atoms with Crippen LogP contribution < -0.4 is 4.74 Å². The van der Waals surface area contributed by atoms with E-state index in [0.717, 1.165) is 43.0 Å². The van der Waals surface area contributed by atoms with E-state index in [4.69, 9.17) is 17.0 Å². The molecule has 0 aliphatic carbocycles. The van der Waals surface area contributed by atoms with Gasteiger partial charge in [0.1, 0.15) is 5.75 Å². The molecule has 21 heavy (non-hydrogen) atoms. The van der Waals surface area contributed by atoms with Gasteiger partial charge < -0.3 is 4.74 Å². The van der Waals surface area contributed by atoms with E-state index < -0.39 is 0 Å². The molecule has 0 unspecified atom stereocenters. The van der Waals surface area contributed by atoms with Crippen molar-refractivity contribution in [3.05, 3.63) is 40.4 Å². The van der Waals surface area contributed by atoms with Crippen LogP contribution in [0.3, 0.4) is 0 Å². The topological polar surface area (TPSA) is 55.2 Å². The highest BCUT2D eigenvalue weighted by atomic mass is 32.1. The maximum absolute atomic E-state index is 5.55. The second-order valence-corrected chi connectivity index (χ2v) is 5.06. The summed E-state index contributed by atoms with van der Waals surface area (Å²) in [5.41, 5.74) is 0.990. The zero-order valence-electron chi connectivity index (χ0n) is 12.4. The SMILES string of the molecule is CCCOc1ccc(/C=N/n2c(CCC)n[nH]c2=S)cc1. The lowest BCUT2D eigenvalue weighted by Gasteiger charge is -2.04. The summed E-state index contributed by atoms with van der Waals surface area (Å²) in [5, 5.41) is 11.3. The Morgan fingerprint density at radius 2 is 2.05 bits per heavy atom. The standard InChI is InChI=1S/C15H20N4OS/c1-3-5-14-17-18-15(21)19(14)16-11-12-6-8-13(9-7-12)20-10-4-2/h6-9,11H,3-5,10H2,1-2H3,(H,18,21)/b16-11+. The predicted molar refractivity (Wildman–Crippen MR) is 86.6 cm³/mol. The van der Waals surface area contributed by atoms with E-state index in [2.05, 4.69) is 29.1 Å². The lowest BCUT2D eigenvalue weighted by atomic mass is 10.2. The van der Waals surface area contributed by atoms with Crippen molar-refractivity contribution in [2.45, 2.75) is 33.1 Å². The number of H-pyrrole nitrogens is 1. The fourth-order valence-corrected chi connectivity index (χ4v) is 2.02. The van der Waals surface area contributed by atoms with Crippen molar-refractivity contribution < 1.29 is 4.74 Å². The molecule has 0 bridgehead atoms. The van der Waals surface area contributed by atoms with Crippen LogP contribution in [-0.2, 0) is 6.42 Å². The molecule has 112 valence electrons. The van der Waals surface area contributed by atoms with Crippen molar-refractivity contribution in [2.75, 3.05) is 6.61 Å². The van der Waals surface area contributed by atoms with Crippen molar-refractivity contribution in [3.63, 3.8) is 0 Å². The van der Waals surface area contributed by atoms with Gasteiger partial charge in [0.05, 0.1) is 12.8 Å². The van der Waals surface area contributed by atoms with Gasteiger partial charge in [-0.2, -0.15) is 14.9 Å². The van der Waals surface area contributed by atoms with Gasteiger partial charge in [0.2, 0.25) is 4.77 Å². The first-order chi connectivity index (χ1) is 10.2. The molecule has 0 fully saturated rings. The Morgan fingerprint density at radius 1 is 1.29 bits per heavy atom. The number of nitrogens with one attached hydrogen (secondary N) is 1. The van der Waals surface area contributed by atoms with Crippen LogP contribution in [-0.4, -0.2) is 27.7 Å². The Balaban J connectivity index is 2.10. The zero-order valence-corrected chi connectivity index (χ0v) is 13.2. The molecule has 0 saturated carbocycles. The Hall–Kier alpha value is -1.95. The van der Waals surface area contributed by atoms with Crippen LogP contribution >= 0.6 is 12.2 Å². The number of rotatable bonds is 7. The van der Waals surface area contributed by atoms with Crippen molar-refractivity contribution in [3.8, 4) is 5.75 Å². The molecule has 6 heteroatoms. The Labute approximate surface area is 129 Å². The second kappa shape index (κ2) is 7.73. The van der Waals surface area contributed by atoms with Gasteiger partial charge in [-0.25, -0.2) is 0 Å². The smallest absolute Gasteiger partial charge is 0.216 e. The number of aromatic amines is 1. The average Bonchev–Trinajstić information content (AvgIpc) is 2.85. The molecule has 0 atom stereocenters. The Kier molecular flexibility index (Phi) is 5.68. The van der Waals surface area contributed by atoms with Crippen LogP contribution in [0.2, 0.25) is 0 Å². The van der Waals surface area contributed by atoms with Crippen molar-refractivity contribution >= 4 is 18.4 Å². The molecule has 0 aliphatic heterocycles. The number of nitrogens with zero attached hydrogens (tertiary/aromatic N) is 3. The molecule has 0 spiro atoms.